The highest BCUT2D eigenvalue weighted by Gasteiger charge is 2.28. The first kappa shape index (κ1) is 24.5. The summed E-state index contributed by atoms with van der Waals surface area (Å²) in [6, 6.07) is 0. The van der Waals surface area contributed by atoms with Gasteiger partial charge in [-0.05, 0) is 23.7 Å². The van der Waals surface area contributed by atoms with E-state index in [9.17, 15) is 17.5 Å². The first-order valence-electron chi connectivity index (χ1n) is 7.23. The summed E-state index contributed by atoms with van der Waals surface area (Å²) in [5, 5.41) is 0. The van der Waals surface area contributed by atoms with Crippen molar-refractivity contribution < 1.29 is 26.9 Å². The SMILES string of the molecule is CC(CP(=O)(O)F)C(C)(C)C.CC(OP(C)(=O)F)C(C)(C)C. The van der Waals surface area contributed by atoms with Gasteiger partial charge in [-0.2, -0.15) is 8.39 Å². The van der Waals surface area contributed by atoms with Crippen LogP contribution in [0.3, 0.4) is 0 Å². The van der Waals surface area contributed by atoms with Crippen LogP contribution in [0.1, 0.15) is 55.4 Å². The van der Waals surface area contributed by atoms with Crippen LogP contribution in [0.15, 0.2) is 0 Å². The Morgan fingerprint density at radius 1 is 1.00 bits per heavy atom. The molecule has 0 rings (SSSR count). The van der Waals surface area contributed by atoms with Gasteiger partial charge in [0.2, 0.25) is 0 Å². The molecule has 22 heavy (non-hydrogen) atoms. The molecule has 8 heteroatoms. The monoisotopic (exact) mass is 364 g/mol. The molecule has 0 aliphatic rings. The van der Waals surface area contributed by atoms with Gasteiger partial charge < -0.3 is 9.42 Å². The Bertz CT molecular complexity index is 376. The predicted octanol–water partition coefficient (Wildman–Crippen LogP) is 6.05. The van der Waals surface area contributed by atoms with Gasteiger partial charge >= 0.3 is 15.4 Å². The largest absolute Gasteiger partial charge is 0.365 e. The molecule has 0 heterocycles. The van der Waals surface area contributed by atoms with E-state index in [1.54, 1.807) is 13.8 Å². The summed E-state index contributed by atoms with van der Waals surface area (Å²) in [5.41, 5.74) is -0.276. The zero-order valence-electron chi connectivity index (χ0n) is 15.2. The lowest BCUT2D eigenvalue weighted by Gasteiger charge is -2.27. The van der Waals surface area contributed by atoms with Gasteiger partial charge in [0.1, 0.15) is 0 Å². The third-order valence-corrected chi connectivity index (χ3v) is 5.23. The van der Waals surface area contributed by atoms with E-state index in [4.69, 9.17) is 9.42 Å². The normalized spacial score (nSPS) is 20.9. The van der Waals surface area contributed by atoms with Gasteiger partial charge in [0.25, 0.3) is 0 Å². The molecule has 0 fully saturated rings. The molecule has 0 aromatic rings. The second kappa shape index (κ2) is 8.37. The number of hydrogen-bond acceptors (Lipinski definition) is 3. The average molecular weight is 364 g/mol. The fourth-order valence-electron chi connectivity index (χ4n) is 1.05. The minimum absolute atomic E-state index is 0.0802. The highest BCUT2D eigenvalue weighted by atomic mass is 31.2. The first-order valence-corrected chi connectivity index (χ1v) is 10.9. The molecule has 1 N–H and O–H groups in total. The van der Waals surface area contributed by atoms with E-state index in [0.717, 1.165) is 6.66 Å². The second-order valence-corrected chi connectivity index (χ2v) is 11.2. The zero-order valence-corrected chi connectivity index (χ0v) is 17.0. The maximum atomic E-state index is 12.5. The fraction of sp³-hybridized carbons (Fsp3) is 1.00. The topological polar surface area (TPSA) is 63.6 Å². The van der Waals surface area contributed by atoms with Crippen LogP contribution in [0, 0.1) is 16.7 Å². The summed E-state index contributed by atoms with van der Waals surface area (Å²) in [6.45, 7) is 16.0. The smallest absolute Gasteiger partial charge is 0.321 e. The fourth-order valence-corrected chi connectivity index (χ4v) is 3.16. The number of halogens is 2. The molecular formula is C14H32F2O4P2. The van der Waals surface area contributed by atoms with Crippen molar-refractivity contribution in [3.8, 4) is 0 Å². The lowest BCUT2D eigenvalue weighted by molar-refractivity contribution is 0.0989. The molecule has 0 radical (unpaired) electrons. The highest BCUT2D eigenvalue weighted by molar-refractivity contribution is 7.52. The molecular weight excluding hydrogens is 332 g/mol. The van der Waals surface area contributed by atoms with Crippen molar-refractivity contribution in [2.45, 2.75) is 61.5 Å². The van der Waals surface area contributed by atoms with Crippen molar-refractivity contribution in [3.05, 3.63) is 0 Å². The maximum absolute atomic E-state index is 12.5. The Morgan fingerprint density at radius 3 is 1.45 bits per heavy atom. The van der Waals surface area contributed by atoms with Crippen molar-refractivity contribution in [1.82, 2.24) is 0 Å². The van der Waals surface area contributed by atoms with Crippen LogP contribution < -0.4 is 0 Å². The van der Waals surface area contributed by atoms with Gasteiger partial charge in [-0.15, -0.1) is 0 Å². The van der Waals surface area contributed by atoms with Crippen LogP contribution >= 0.6 is 15.4 Å². The third-order valence-electron chi connectivity index (χ3n) is 3.54. The summed E-state index contributed by atoms with van der Waals surface area (Å²) in [4.78, 5) is 8.44. The highest BCUT2D eigenvalue weighted by Crippen LogP contribution is 2.48. The van der Waals surface area contributed by atoms with Crippen LogP contribution in [-0.2, 0) is 13.7 Å². The third kappa shape index (κ3) is 15.1. The number of rotatable bonds is 4. The average Bonchev–Trinajstić information content (AvgIpc) is 2.09. The van der Waals surface area contributed by atoms with Crippen LogP contribution in [0.5, 0.6) is 0 Å². The first-order chi connectivity index (χ1) is 9.26. The molecule has 0 bridgehead atoms. The molecule has 0 aliphatic carbocycles. The van der Waals surface area contributed by atoms with Crippen LogP contribution in [0.2, 0.25) is 0 Å². The van der Waals surface area contributed by atoms with Gasteiger partial charge in [-0.3, -0.25) is 9.13 Å². The lowest BCUT2D eigenvalue weighted by atomic mass is 9.83. The van der Waals surface area contributed by atoms with E-state index in [1.165, 1.54) is 0 Å². The van der Waals surface area contributed by atoms with Crippen LogP contribution in [-0.4, -0.2) is 23.8 Å². The lowest BCUT2D eigenvalue weighted by Crippen LogP contribution is -2.24. The quantitative estimate of drug-likeness (QED) is 0.617. The van der Waals surface area contributed by atoms with Gasteiger partial charge in [-0.1, -0.05) is 48.5 Å². The molecule has 4 nitrogen and oxygen atoms in total. The predicted molar refractivity (Wildman–Crippen MR) is 89.1 cm³/mol. The van der Waals surface area contributed by atoms with Gasteiger partial charge in [0.15, 0.2) is 0 Å². The van der Waals surface area contributed by atoms with Gasteiger partial charge in [0, 0.05) is 6.66 Å². The Morgan fingerprint density at radius 2 is 1.36 bits per heavy atom. The van der Waals surface area contributed by atoms with Crippen molar-refractivity contribution in [2.75, 3.05) is 12.8 Å². The van der Waals surface area contributed by atoms with Crippen LogP contribution in [0.4, 0.5) is 8.39 Å². The second-order valence-electron chi connectivity index (χ2n) is 7.93. The molecule has 0 saturated heterocycles. The number of hydrogen-bond donors (Lipinski definition) is 1. The Labute approximate surface area is 134 Å². The molecule has 0 aromatic carbocycles. The molecule has 0 aliphatic heterocycles. The van der Waals surface area contributed by atoms with Crippen molar-refractivity contribution >= 4 is 15.4 Å². The van der Waals surface area contributed by atoms with Crippen molar-refractivity contribution in [1.29, 1.82) is 0 Å². The minimum Gasteiger partial charge on any atom is -0.321 e. The van der Waals surface area contributed by atoms with Gasteiger partial charge in [0.05, 0.1) is 12.3 Å². The summed E-state index contributed by atoms with van der Waals surface area (Å²) in [7, 11) is -8.14. The molecule has 4 unspecified atom stereocenters. The van der Waals surface area contributed by atoms with Crippen molar-refractivity contribution in [2.24, 2.45) is 16.7 Å². The zero-order chi connectivity index (χ0) is 18.6. The van der Waals surface area contributed by atoms with Crippen molar-refractivity contribution in [3.63, 3.8) is 0 Å². The molecule has 0 aromatic heterocycles. The Kier molecular flexibility index (Phi) is 9.32. The molecule has 0 spiro atoms. The van der Waals surface area contributed by atoms with E-state index < -0.39 is 15.4 Å². The molecule has 4 atom stereocenters. The summed E-state index contributed by atoms with van der Waals surface area (Å²) in [5.74, 6) is -0.0802. The summed E-state index contributed by atoms with van der Waals surface area (Å²) < 4.78 is 50.4. The molecule has 0 amide bonds. The molecule has 0 saturated carbocycles. The van der Waals surface area contributed by atoms with Crippen LogP contribution in [0.25, 0.3) is 0 Å². The van der Waals surface area contributed by atoms with E-state index in [-0.39, 0.29) is 29.0 Å². The Balaban J connectivity index is 0. The maximum Gasteiger partial charge on any atom is 0.365 e. The summed E-state index contributed by atoms with van der Waals surface area (Å²) in [6.07, 6.45) is -0.570. The van der Waals surface area contributed by atoms with Gasteiger partial charge in [-0.25, -0.2) is 0 Å². The van der Waals surface area contributed by atoms with E-state index >= 15 is 0 Å². The van der Waals surface area contributed by atoms with E-state index in [2.05, 4.69) is 0 Å². The van der Waals surface area contributed by atoms with E-state index in [0.29, 0.717) is 0 Å². The summed E-state index contributed by atoms with van der Waals surface area (Å²) >= 11 is 0. The van der Waals surface area contributed by atoms with E-state index in [1.807, 2.05) is 41.5 Å². The molecule has 136 valence electrons. The standard InChI is InChI=1S/2C7H16FO2P/c1-6(7(2,3)4)10-11(5,8)9;1-6(7(2,3)4)5-11(8,9)10/h6H,1-5H3;6H,5H2,1-4H3,(H,9,10). The minimum atomic E-state index is -4.32. The Hall–Kier alpha value is 0.240.